The van der Waals surface area contributed by atoms with Crippen molar-refractivity contribution in [1.29, 1.82) is 0 Å². The first-order chi connectivity index (χ1) is 8.44. The lowest BCUT2D eigenvalue weighted by Gasteiger charge is -2.41. The summed E-state index contributed by atoms with van der Waals surface area (Å²) in [5, 5.41) is 2.88. The highest BCUT2D eigenvalue weighted by Gasteiger charge is 2.36. The van der Waals surface area contributed by atoms with E-state index >= 15 is 0 Å². The molecule has 1 rings (SSSR count). The molecule has 1 aliphatic rings. The highest BCUT2D eigenvalue weighted by molar-refractivity contribution is 8.01. The van der Waals surface area contributed by atoms with Gasteiger partial charge in [-0.15, -0.1) is 0 Å². The lowest BCUT2D eigenvalue weighted by atomic mass is 10.0. The van der Waals surface area contributed by atoms with E-state index in [-0.39, 0.29) is 11.1 Å². The second-order valence-electron chi connectivity index (χ2n) is 4.99. The van der Waals surface area contributed by atoms with Gasteiger partial charge in [-0.25, -0.2) is 8.42 Å². The number of sulfone groups is 1. The Morgan fingerprint density at radius 1 is 1.44 bits per heavy atom. The molecule has 1 aliphatic heterocycles. The molecule has 6 heteroatoms. The Morgan fingerprint density at radius 3 is 2.67 bits per heavy atom. The molecule has 0 aromatic rings. The van der Waals surface area contributed by atoms with Crippen LogP contribution in [0.3, 0.4) is 0 Å². The summed E-state index contributed by atoms with van der Waals surface area (Å²) >= 11 is 1.76. The number of hydrogen-bond acceptors (Lipinski definition) is 5. The Labute approximate surface area is 116 Å². The number of nitrogens with zero attached hydrogens (tertiary/aromatic N) is 1. The van der Waals surface area contributed by atoms with Gasteiger partial charge in [-0.3, -0.25) is 4.90 Å². The molecule has 108 valence electrons. The Hall–Kier alpha value is 0.220. The first-order valence-electron chi connectivity index (χ1n) is 6.63. The highest BCUT2D eigenvalue weighted by Crippen LogP contribution is 2.25. The summed E-state index contributed by atoms with van der Waals surface area (Å²) in [6.07, 6.45) is 0. The van der Waals surface area contributed by atoms with Crippen molar-refractivity contribution >= 4 is 21.6 Å². The van der Waals surface area contributed by atoms with Gasteiger partial charge < -0.3 is 5.32 Å². The minimum absolute atomic E-state index is 0.238. The lowest BCUT2D eigenvalue weighted by molar-refractivity contribution is 0.156. The van der Waals surface area contributed by atoms with Crippen molar-refractivity contribution in [1.82, 2.24) is 10.2 Å². The molecular formula is C12H26N2O2S2. The third-order valence-electron chi connectivity index (χ3n) is 3.81. The molecule has 4 nitrogen and oxygen atoms in total. The fourth-order valence-electron chi connectivity index (χ4n) is 2.38. The van der Waals surface area contributed by atoms with E-state index in [0.29, 0.717) is 17.7 Å². The number of hydrogen-bond donors (Lipinski definition) is 1. The largest absolute Gasteiger partial charge is 0.319 e. The molecule has 1 saturated heterocycles. The molecule has 0 amide bonds. The first-order valence-corrected chi connectivity index (χ1v) is 9.50. The molecular weight excluding hydrogens is 268 g/mol. The second-order valence-corrected chi connectivity index (χ2v) is 8.59. The van der Waals surface area contributed by atoms with Crippen LogP contribution in [0.25, 0.3) is 0 Å². The molecule has 1 fully saturated rings. The highest BCUT2D eigenvalue weighted by atomic mass is 32.2. The third-order valence-corrected chi connectivity index (χ3v) is 7.12. The normalized spacial score (nSPS) is 25.9. The molecule has 0 aromatic heterocycles. The lowest BCUT2D eigenvalue weighted by Crippen LogP contribution is -2.54. The zero-order valence-electron chi connectivity index (χ0n) is 11.8. The van der Waals surface area contributed by atoms with Gasteiger partial charge in [-0.05, 0) is 26.4 Å². The summed E-state index contributed by atoms with van der Waals surface area (Å²) in [5.41, 5.74) is 0. The minimum atomic E-state index is -2.98. The average Bonchev–Trinajstić information content (AvgIpc) is 2.38. The second kappa shape index (κ2) is 7.12. The molecule has 18 heavy (non-hydrogen) atoms. The van der Waals surface area contributed by atoms with Crippen LogP contribution in [-0.2, 0) is 9.84 Å². The topological polar surface area (TPSA) is 49.4 Å². The Balaban J connectivity index is 2.82. The predicted molar refractivity (Wildman–Crippen MR) is 79.8 cm³/mol. The quantitative estimate of drug-likeness (QED) is 0.793. The van der Waals surface area contributed by atoms with Crippen molar-refractivity contribution in [2.24, 2.45) is 5.92 Å². The summed E-state index contributed by atoms with van der Waals surface area (Å²) in [5.74, 6) is 2.44. The van der Waals surface area contributed by atoms with Crippen molar-refractivity contribution in [3.63, 3.8) is 0 Å². The monoisotopic (exact) mass is 294 g/mol. The van der Waals surface area contributed by atoms with E-state index in [4.69, 9.17) is 0 Å². The van der Waals surface area contributed by atoms with Crippen LogP contribution in [0, 0.1) is 5.92 Å². The van der Waals surface area contributed by atoms with E-state index in [1.807, 2.05) is 7.05 Å². The Morgan fingerprint density at radius 2 is 2.11 bits per heavy atom. The maximum absolute atomic E-state index is 12.2. The molecule has 0 radical (unpaired) electrons. The van der Waals surface area contributed by atoms with Gasteiger partial charge in [0.05, 0.1) is 0 Å². The van der Waals surface area contributed by atoms with Crippen LogP contribution in [0.1, 0.15) is 20.8 Å². The molecule has 1 heterocycles. The van der Waals surface area contributed by atoms with Gasteiger partial charge in [0.1, 0.15) is 5.37 Å². The van der Waals surface area contributed by atoms with E-state index in [1.165, 1.54) is 0 Å². The van der Waals surface area contributed by atoms with Gasteiger partial charge in [0.25, 0.3) is 0 Å². The van der Waals surface area contributed by atoms with E-state index in [1.54, 1.807) is 18.7 Å². The van der Waals surface area contributed by atoms with Crippen molar-refractivity contribution in [3.8, 4) is 0 Å². The summed E-state index contributed by atoms with van der Waals surface area (Å²) in [6.45, 7) is 7.87. The predicted octanol–water partition coefficient (Wildman–Crippen LogP) is 1.04. The van der Waals surface area contributed by atoms with Gasteiger partial charge in [0.2, 0.25) is 0 Å². The number of rotatable bonds is 6. The number of nitrogens with one attached hydrogen (secondary N) is 1. The zero-order chi connectivity index (χ0) is 13.8. The fourth-order valence-corrected chi connectivity index (χ4v) is 5.49. The maximum atomic E-state index is 12.2. The molecule has 0 spiro atoms. The summed E-state index contributed by atoms with van der Waals surface area (Å²) in [4.78, 5) is 2.19. The molecule has 3 unspecified atom stereocenters. The van der Waals surface area contributed by atoms with Crippen LogP contribution in [0.15, 0.2) is 0 Å². The van der Waals surface area contributed by atoms with Crippen molar-refractivity contribution in [2.75, 3.05) is 37.4 Å². The van der Waals surface area contributed by atoms with Gasteiger partial charge in [0.15, 0.2) is 9.84 Å². The maximum Gasteiger partial charge on any atom is 0.166 e. The van der Waals surface area contributed by atoms with Gasteiger partial charge in [-0.1, -0.05) is 13.8 Å². The van der Waals surface area contributed by atoms with Crippen LogP contribution in [0.5, 0.6) is 0 Å². The van der Waals surface area contributed by atoms with Crippen molar-refractivity contribution in [3.05, 3.63) is 0 Å². The summed E-state index contributed by atoms with van der Waals surface area (Å²) < 4.78 is 24.4. The standard InChI is InChI=1S/C12H26N2O2S2/c1-5-18(15,16)12-9-17-7-6-14(12)11(3)10(2)8-13-4/h10-13H,5-9H2,1-4H3. The van der Waals surface area contributed by atoms with Crippen LogP contribution in [0.2, 0.25) is 0 Å². The number of thioether (sulfide) groups is 1. The molecule has 0 bridgehead atoms. The molecule has 0 aromatic carbocycles. The van der Waals surface area contributed by atoms with E-state index < -0.39 is 9.84 Å². The molecule has 0 saturated carbocycles. The minimum Gasteiger partial charge on any atom is -0.319 e. The zero-order valence-corrected chi connectivity index (χ0v) is 13.5. The SMILES string of the molecule is CCS(=O)(=O)C1CSCCN1C(C)C(C)CNC. The summed E-state index contributed by atoms with van der Waals surface area (Å²) in [6, 6.07) is 0.296. The van der Waals surface area contributed by atoms with Crippen molar-refractivity contribution < 1.29 is 8.42 Å². The van der Waals surface area contributed by atoms with E-state index in [0.717, 1.165) is 18.8 Å². The molecule has 1 N–H and O–H groups in total. The van der Waals surface area contributed by atoms with Gasteiger partial charge in [-0.2, -0.15) is 11.8 Å². The summed E-state index contributed by atoms with van der Waals surface area (Å²) in [7, 11) is -1.04. The first kappa shape index (κ1) is 16.3. The Kier molecular flexibility index (Phi) is 6.44. The van der Waals surface area contributed by atoms with Crippen LogP contribution in [-0.4, -0.2) is 62.1 Å². The van der Waals surface area contributed by atoms with E-state index in [9.17, 15) is 8.42 Å². The van der Waals surface area contributed by atoms with E-state index in [2.05, 4.69) is 24.1 Å². The van der Waals surface area contributed by atoms with Crippen molar-refractivity contribution in [2.45, 2.75) is 32.2 Å². The fraction of sp³-hybridized carbons (Fsp3) is 1.00. The van der Waals surface area contributed by atoms with Gasteiger partial charge >= 0.3 is 0 Å². The van der Waals surface area contributed by atoms with Crippen LogP contribution < -0.4 is 5.32 Å². The van der Waals surface area contributed by atoms with Crippen LogP contribution in [0.4, 0.5) is 0 Å². The third kappa shape index (κ3) is 3.85. The van der Waals surface area contributed by atoms with Gasteiger partial charge in [0, 0.05) is 29.8 Å². The average molecular weight is 294 g/mol. The Bertz CT molecular complexity index is 346. The molecule has 3 atom stereocenters. The smallest absolute Gasteiger partial charge is 0.166 e. The molecule has 0 aliphatic carbocycles. The van der Waals surface area contributed by atoms with Crippen LogP contribution >= 0.6 is 11.8 Å².